The Labute approximate surface area is 106 Å². The van der Waals surface area contributed by atoms with Gasteiger partial charge < -0.3 is 15.4 Å². The molecular weight excluding hydrogens is 228 g/mol. The molecule has 0 saturated heterocycles. The van der Waals surface area contributed by atoms with Crippen LogP contribution in [0.3, 0.4) is 0 Å². The van der Waals surface area contributed by atoms with E-state index in [0.717, 1.165) is 11.4 Å². The van der Waals surface area contributed by atoms with Crippen molar-refractivity contribution in [2.45, 2.75) is 32.4 Å². The smallest absolute Gasteiger partial charge is 0.150 e. The van der Waals surface area contributed by atoms with Gasteiger partial charge in [0.05, 0.1) is 6.04 Å². The fourth-order valence-corrected chi connectivity index (χ4v) is 1.89. The molecule has 3 N–H and O–H groups in total. The van der Waals surface area contributed by atoms with Crippen LogP contribution in [0.15, 0.2) is 30.6 Å². The molecule has 0 spiro atoms. The lowest BCUT2D eigenvalue weighted by molar-refractivity contribution is 0.475. The number of aromatic nitrogens is 3. The summed E-state index contributed by atoms with van der Waals surface area (Å²) < 4.78 is 1.98. The lowest BCUT2D eigenvalue weighted by Gasteiger charge is -2.15. The molecule has 0 radical (unpaired) electrons. The number of hydrogen-bond donors (Lipinski definition) is 2. The van der Waals surface area contributed by atoms with Crippen LogP contribution in [-0.4, -0.2) is 19.9 Å². The van der Waals surface area contributed by atoms with Gasteiger partial charge in [0.2, 0.25) is 0 Å². The largest absolute Gasteiger partial charge is 0.508 e. The van der Waals surface area contributed by atoms with E-state index in [1.165, 1.54) is 0 Å². The van der Waals surface area contributed by atoms with E-state index in [2.05, 4.69) is 24.0 Å². The van der Waals surface area contributed by atoms with Crippen LogP contribution in [0.5, 0.6) is 5.75 Å². The fraction of sp³-hybridized carbons (Fsp3) is 0.385. The number of nitrogens with two attached hydrogens (primary N) is 1. The zero-order valence-electron chi connectivity index (χ0n) is 10.6. The van der Waals surface area contributed by atoms with E-state index in [4.69, 9.17) is 5.73 Å². The highest BCUT2D eigenvalue weighted by atomic mass is 16.3. The molecule has 5 nitrogen and oxygen atoms in total. The summed E-state index contributed by atoms with van der Waals surface area (Å²) in [7, 11) is 0. The van der Waals surface area contributed by atoms with Crippen molar-refractivity contribution in [1.29, 1.82) is 0 Å². The van der Waals surface area contributed by atoms with Crippen LogP contribution < -0.4 is 5.73 Å². The summed E-state index contributed by atoms with van der Waals surface area (Å²) in [5.41, 5.74) is 7.23. The second-order valence-corrected chi connectivity index (χ2v) is 4.67. The summed E-state index contributed by atoms with van der Waals surface area (Å²) in [6.07, 6.45) is 2.38. The van der Waals surface area contributed by atoms with Gasteiger partial charge in [-0.2, -0.15) is 0 Å². The van der Waals surface area contributed by atoms with Crippen molar-refractivity contribution >= 4 is 0 Å². The number of phenolic OH excluding ortho intramolecular Hbond substituents is 1. The zero-order valence-corrected chi connectivity index (χ0v) is 10.6. The Hall–Kier alpha value is -1.88. The molecule has 96 valence electrons. The van der Waals surface area contributed by atoms with Gasteiger partial charge in [-0.3, -0.25) is 0 Å². The quantitative estimate of drug-likeness (QED) is 0.862. The summed E-state index contributed by atoms with van der Waals surface area (Å²) in [6, 6.07) is 7.15. The molecular formula is C13H18N4O. The molecule has 1 atom stereocenters. The van der Waals surface area contributed by atoms with Gasteiger partial charge in [0.1, 0.15) is 17.9 Å². The molecule has 0 fully saturated rings. The van der Waals surface area contributed by atoms with Crippen molar-refractivity contribution < 1.29 is 5.11 Å². The number of hydrogen-bond acceptors (Lipinski definition) is 4. The highest BCUT2D eigenvalue weighted by Gasteiger charge is 2.15. The van der Waals surface area contributed by atoms with Gasteiger partial charge in [-0.15, -0.1) is 10.2 Å². The molecule has 0 aliphatic heterocycles. The summed E-state index contributed by atoms with van der Waals surface area (Å²) in [6.45, 7) is 4.14. The Balaban J connectivity index is 2.14. The van der Waals surface area contributed by atoms with Gasteiger partial charge in [0.25, 0.3) is 0 Å². The molecule has 2 aromatic rings. The molecule has 0 saturated carbocycles. The van der Waals surface area contributed by atoms with Gasteiger partial charge in [0, 0.05) is 6.04 Å². The average molecular weight is 246 g/mol. The molecule has 1 heterocycles. The Morgan fingerprint density at radius 1 is 1.28 bits per heavy atom. The molecule has 1 aromatic carbocycles. The van der Waals surface area contributed by atoms with Gasteiger partial charge in [-0.25, -0.2) is 0 Å². The maximum absolute atomic E-state index is 9.23. The van der Waals surface area contributed by atoms with Gasteiger partial charge in [-0.1, -0.05) is 12.1 Å². The number of benzene rings is 1. The first kappa shape index (κ1) is 12.6. The summed E-state index contributed by atoms with van der Waals surface area (Å²) in [5, 5.41) is 17.2. The normalized spacial score (nSPS) is 12.9. The van der Waals surface area contributed by atoms with Gasteiger partial charge in [0.15, 0.2) is 0 Å². The Bertz CT molecular complexity index is 504. The number of nitrogens with zero attached hydrogens (tertiary/aromatic N) is 3. The van der Waals surface area contributed by atoms with Crippen LogP contribution >= 0.6 is 0 Å². The minimum atomic E-state index is -0.195. The van der Waals surface area contributed by atoms with E-state index >= 15 is 0 Å². The third-order valence-electron chi connectivity index (χ3n) is 2.88. The molecule has 0 aliphatic rings. The van der Waals surface area contributed by atoms with Gasteiger partial charge >= 0.3 is 0 Å². The third kappa shape index (κ3) is 2.68. The standard InChI is InChI=1S/C13H18N4O/c1-9(2)17-8-15-16-13(17)12(14)7-10-3-5-11(18)6-4-10/h3-6,8-9,12,18H,7,14H2,1-2H3/t12-/m1/s1. The molecule has 5 heteroatoms. The van der Waals surface area contributed by atoms with Crippen molar-refractivity contribution in [2.24, 2.45) is 5.73 Å². The van der Waals surface area contributed by atoms with Crippen LogP contribution in [0.25, 0.3) is 0 Å². The second kappa shape index (κ2) is 5.18. The molecule has 18 heavy (non-hydrogen) atoms. The molecule has 2 rings (SSSR count). The van der Waals surface area contributed by atoms with E-state index in [1.807, 2.05) is 16.7 Å². The van der Waals surface area contributed by atoms with E-state index in [1.54, 1.807) is 18.5 Å². The monoisotopic (exact) mass is 246 g/mol. The molecule has 1 aromatic heterocycles. The average Bonchev–Trinajstić information content (AvgIpc) is 2.81. The predicted octanol–water partition coefficient (Wildman–Crippen LogP) is 1.81. The van der Waals surface area contributed by atoms with Crippen molar-refractivity contribution in [1.82, 2.24) is 14.8 Å². The third-order valence-corrected chi connectivity index (χ3v) is 2.88. The maximum Gasteiger partial charge on any atom is 0.150 e. The first-order chi connectivity index (χ1) is 8.58. The minimum Gasteiger partial charge on any atom is -0.508 e. The van der Waals surface area contributed by atoms with E-state index in [9.17, 15) is 5.11 Å². The molecule has 0 amide bonds. The summed E-state index contributed by atoms with van der Waals surface area (Å²) in [5.74, 6) is 1.05. The molecule has 0 unspecified atom stereocenters. The second-order valence-electron chi connectivity index (χ2n) is 4.67. The van der Waals surface area contributed by atoms with Crippen LogP contribution in [0.4, 0.5) is 0 Å². The first-order valence-electron chi connectivity index (χ1n) is 6.01. The fourth-order valence-electron chi connectivity index (χ4n) is 1.89. The molecule has 0 bridgehead atoms. The Morgan fingerprint density at radius 3 is 2.56 bits per heavy atom. The van der Waals surface area contributed by atoms with Crippen LogP contribution in [0.1, 0.15) is 37.3 Å². The number of phenols is 1. The SMILES string of the molecule is CC(C)n1cnnc1[C@H](N)Cc1ccc(O)cc1. The van der Waals surface area contributed by atoms with Crippen molar-refractivity contribution in [3.63, 3.8) is 0 Å². The van der Waals surface area contributed by atoms with Crippen LogP contribution in [0.2, 0.25) is 0 Å². The summed E-state index contributed by atoms with van der Waals surface area (Å²) >= 11 is 0. The van der Waals surface area contributed by atoms with E-state index < -0.39 is 0 Å². The van der Waals surface area contributed by atoms with Gasteiger partial charge in [-0.05, 0) is 38.0 Å². The Morgan fingerprint density at radius 2 is 1.94 bits per heavy atom. The topological polar surface area (TPSA) is 77.0 Å². The highest BCUT2D eigenvalue weighted by molar-refractivity contribution is 5.26. The zero-order chi connectivity index (χ0) is 13.1. The predicted molar refractivity (Wildman–Crippen MR) is 69.1 cm³/mol. The van der Waals surface area contributed by atoms with Crippen molar-refractivity contribution in [3.05, 3.63) is 42.0 Å². The summed E-state index contributed by atoms with van der Waals surface area (Å²) in [4.78, 5) is 0. The Kier molecular flexibility index (Phi) is 3.62. The van der Waals surface area contributed by atoms with Crippen LogP contribution in [-0.2, 0) is 6.42 Å². The van der Waals surface area contributed by atoms with E-state index in [0.29, 0.717) is 12.5 Å². The maximum atomic E-state index is 9.23. The number of rotatable bonds is 4. The van der Waals surface area contributed by atoms with Crippen molar-refractivity contribution in [2.75, 3.05) is 0 Å². The lowest BCUT2D eigenvalue weighted by Crippen LogP contribution is -2.19. The molecule has 0 aliphatic carbocycles. The van der Waals surface area contributed by atoms with Crippen LogP contribution in [0, 0.1) is 0 Å². The first-order valence-corrected chi connectivity index (χ1v) is 6.01. The van der Waals surface area contributed by atoms with Crippen molar-refractivity contribution in [3.8, 4) is 5.75 Å². The number of aromatic hydroxyl groups is 1. The lowest BCUT2D eigenvalue weighted by atomic mass is 10.1. The highest BCUT2D eigenvalue weighted by Crippen LogP contribution is 2.18. The van der Waals surface area contributed by atoms with E-state index in [-0.39, 0.29) is 11.8 Å². The minimum absolute atomic E-state index is 0.195.